The van der Waals surface area contributed by atoms with Crippen LogP contribution in [-0.4, -0.2) is 109 Å². The highest BCUT2D eigenvalue weighted by atomic mass is 16.5. The van der Waals surface area contributed by atoms with Crippen molar-refractivity contribution in [2.75, 3.05) is 77.0 Å². The second-order valence-electron chi connectivity index (χ2n) is 10.2. The van der Waals surface area contributed by atoms with Gasteiger partial charge in [-0.25, -0.2) is 0 Å². The first kappa shape index (κ1) is 27.0. The molecule has 1 aromatic carbocycles. The fourth-order valence-corrected chi connectivity index (χ4v) is 4.77. The molecule has 0 aliphatic carbocycles. The van der Waals surface area contributed by atoms with E-state index in [0.29, 0.717) is 32.6 Å². The molecular weight excluding hydrogens is 468 g/mol. The normalized spacial score (nSPS) is 17.1. The summed E-state index contributed by atoms with van der Waals surface area (Å²) in [5, 5.41) is 8.89. The second-order valence-corrected chi connectivity index (χ2v) is 10.2. The third kappa shape index (κ3) is 7.97. The summed E-state index contributed by atoms with van der Waals surface area (Å²) in [5.74, 6) is 1.16. The molecule has 4 rings (SSSR count). The number of carbonyl (C=O) groups is 2. The number of aromatic nitrogens is 2. The van der Waals surface area contributed by atoms with Gasteiger partial charge in [-0.3, -0.25) is 14.5 Å². The number of amides is 2. The van der Waals surface area contributed by atoms with E-state index in [0.717, 1.165) is 62.9 Å². The van der Waals surface area contributed by atoms with E-state index in [4.69, 9.17) is 4.74 Å². The SMILES string of the molecule is CC(C)CC(=O)N(CCN1CCOCC1)CC(=O)N1CCCN(c2ccc(-c3ccccc3)nn2)CC1. The van der Waals surface area contributed by atoms with Crippen LogP contribution in [0.5, 0.6) is 0 Å². The number of morpholine rings is 1. The Hall–Kier alpha value is -3.04. The average Bonchev–Trinajstić information content (AvgIpc) is 3.18. The third-order valence-electron chi connectivity index (χ3n) is 6.94. The Labute approximate surface area is 220 Å². The van der Waals surface area contributed by atoms with Crippen molar-refractivity contribution in [2.45, 2.75) is 26.7 Å². The molecule has 0 atom stereocenters. The van der Waals surface area contributed by atoms with Crippen molar-refractivity contribution in [3.8, 4) is 11.3 Å². The van der Waals surface area contributed by atoms with Crippen LogP contribution in [0.3, 0.4) is 0 Å². The summed E-state index contributed by atoms with van der Waals surface area (Å²) in [6.45, 7) is 11.6. The molecule has 0 N–H and O–H groups in total. The maximum Gasteiger partial charge on any atom is 0.242 e. The maximum absolute atomic E-state index is 13.3. The van der Waals surface area contributed by atoms with E-state index in [1.807, 2.05) is 61.2 Å². The molecule has 2 aromatic rings. The molecule has 9 nitrogen and oxygen atoms in total. The van der Waals surface area contributed by atoms with Crippen molar-refractivity contribution in [2.24, 2.45) is 5.92 Å². The molecule has 2 amide bonds. The monoisotopic (exact) mass is 508 g/mol. The summed E-state index contributed by atoms with van der Waals surface area (Å²) in [6, 6.07) is 14.0. The Balaban J connectivity index is 1.32. The lowest BCUT2D eigenvalue weighted by atomic mass is 10.1. The van der Waals surface area contributed by atoms with Gasteiger partial charge in [0.05, 0.1) is 25.5 Å². The highest BCUT2D eigenvalue weighted by molar-refractivity contribution is 5.85. The largest absolute Gasteiger partial charge is 0.379 e. The van der Waals surface area contributed by atoms with Crippen LogP contribution in [0.2, 0.25) is 0 Å². The number of benzene rings is 1. The number of hydrogen-bond donors (Lipinski definition) is 0. The molecule has 2 fully saturated rings. The quantitative estimate of drug-likeness (QED) is 0.514. The molecule has 2 saturated heterocycles. The molecule has 1 aromatic heterocycles. The first-order chi connectivity index (χ1) is 18.0. The van der Waals surface area contributed by atoms with Crippen molar-refractivity contribution in [3.05, 3.63) is 42.5 Å². The van der Waals surface area contributed by atoms with Crippen LogP contribution in [0.25, 0.3) is 11.3 Å². The van der Waals surface area contributed by atoms with Crippen LogP contribution >= 0.6 is 0 Å². The molecule has 3 heterocycles. The van der Waals surface area contributed by atoms with E-state index in [1.165, 1.54) is 0 Å². The highest BCUT2D eigenvalue weighted by Crippen LogP contribution is 2.19. The topological polar surface area (TPSA) is 82.1 Å². The highest BCUT2D eigenvalue weighted by Gasteiger charge is 2.25. The summed E-state index contributed by atoms with van der Waals surface area (Å²) < 4.78 is 5.43. The van der Waals surface area contributed by atoms with Crippen LogP contribution in [-0.2, 0) is 14.3 Å². The predicted octanol–water partition coefficient (Wildman–Crippen LogP) is 2.39. The molecule has 0 bridgehead atoms. The number of hydrogen-bond acceptors (Lipinski definition) is 7. The van der Waals surface area contributed by atoms with Gasteiger partial charge >= 0.3 is 0 Å². The summed E-state index contributed by atoms with van der Waals surface area (Å²) >= 11 is 0. The lowest BCUT2D eigenvalue weighted by molar-refractivity contribution is -0.141. The second kappa shape index (κ2) is 13.5. The van der Waals surface area contributed by atoms with Crippen molar-refractivity contribution >= 4 is 17.6 Å². The Morgan fingerprint density at radius 1 is 0.946 bits per heavy atom. The zero-order chi connectivity index (χ0) is 26.0. The average molecular weight is 509 g/mol. The van der Waals surface area contributed by atoms with Gasteiger partial charge in [0, 0.05) is 64.3 Å². The van der Waals surface area contributed by atoms with Gasteiger partial charge in [0.15, 0.2) is 5.82 Å². The van der Waals surface area contributed by atoms with Crippen molar-refractivity contribution in [3.63, 3.8) is 0 Å². The molecular formula is C28H40N6O3. The van der Waals surface area contributed by atoms with Crippen LogP contribution in [0.4, 0.5) is 5.82 Å². The van der Waals surface area contributed by atoms with Crippen molar-refractivity contribution < 1.29 is 14.3 Å². The minimum Gasteiger partial charge on any atom is -0.379 e. The van der Waals surface area contributed by atoms with Crippen molar-refractivity contribution in [1.29, 1.82) is 0 Å². The minimum atomic E-state index is 0.0199. The Bertz CT molecular complexity index is 995. The van der Waals surface area contributed by atoms with Gasteiger partial charge in [-0.05, 0) is 24.5 Å². The van der Waals surface area contributed by atoms with Crippen LogP contribution in [0, 0.1) is 5.92 Å². The summed E-state index contributed by atoms with van der Waals surface area (Å²) in [7, 11) is 0. The fraction of sp³-hybridized carbons (Fsp3) is 0.571. The predicted molar refractivity (Wildman–Crippen MR) is 144 cm³/mol. The molecule has 0 unspecified atom stereocenters. The number of ether oxygens (including phenoxy) is 1. The van der Waals surface area contributed by atoms with Gasteiger partial charge in [0.1, 0.15) is 0 Å². The zero-order valence-electron chi connectivity index (χ0n) is 22.2. The van der Waals surface area contributed by atoms with Gasteiger partial charge in [-0.15, -0.1) is 10.2 Å². The van der Waals surface area contributed by atoms with Gasteiger partial charge in [-0.2, -0.15) is 0 Å². The first-order valence-corrected chi connectivity index (χ1v) is 13.5. The van der Waals surface area contributed by atoms with Crippen LogP contribution in [0.1, 0.15) is 26.7 Å². The van der Waals surface area contributed by atoms with Crippen LogP contribution < -0.4 is 4.90 Å². The number of carbonyl (C=O) groups excluding carboxylic acids is 2. The Kier molecular flexibility index (Phi) is 9.85. The molecule has 0 spiro atoms. The summed E-state index contributed by atoms with van der Waals surface area (Å²) in [4.78, 5) is 34.4. The Morgan fingerprint density at radius 2 is 1.73 bits per heavy atom. The van der Waals surface area contributed by atoms with Gasteiger partial charge in [0.2, 0.25) is 11.8 Å². The molecule has 200 valence electrons. The molecule has 0 radical (unpaired) electrons. The zero-order valence-corrected chi connectivity index (χ0v) is 22.2. The minimum absolute atomic E-state index is 0.0199. The molecule has 2 aliphatic rings. The van der Waals surface area contributed by atoms with Crippen LogP contribution in [0.15, 0.2) is 42.5 Å². The third-order valence-corrected chi connectivity index (χ3v) is 6.94. The fourth-order valence-electron chi connectivity index (χ4n) is 4.77. The van der Waals surface area contributed by atoms with Gasteiger partial charge < -0.3 is 19.4 Å². The molecule has 0 saturated carbocycles. The number of nitrogens with zero attached hydrogens (tertiary/aromatic N) is 6. The standard InChI is InChI=1S/C28H40N6O3/c1-23(2)21-27(35)34(14-13-31-17-19-37-20-18-31)22-28(36)33-12-6-11-32(15-16-33)26-10-9-25(29-30-26)24-7-4-3-5-8-24/h3-5,7-10,23H,6,11-22H2,1-2H3. The molecule has 2 aliphatic heterocycles. The van der Waals surface area contributed by atoms with Gasteiger partial charge in [-0.1, -0.05) is 44.2 Å². The lowest BCUT2D eigenvalue weighted by Crippen LogP contribution is -2.48. The van der Waals surface area contributed by atoms with Gasteiger partial charge in [0.25, 0.3) is 0 Å². The van der Waals surface area contributed by atoms with E-state index in [1.54, 1.807) is 4.90 Å². The van der Waals surface area contributed by atoms with E-state index in [2.05, 4.69) is 20.0 Å². The molecule has 37 heavy (non-hydrogen) atoms. The number of rotatable bonds is 9. The van der Waals surface area contributed by atoms with E-state index >= 15 is 0 Å². The summed E-state index contributed by atoms with van der Waals surface area (Å²) in [5.41, 5.74) is 1.89. The van der Waals surface area contributed by atoms with Crippen molar-refractivity contribution in [1.82, 2.24) is 24.9 Å². The number of anilines is 1. The van der Waals surface area contributed by atoms with E-state index in [-0.39, 0.29) is 24.3 Å². The lowest BCUT2D eigenvalue weighted by Gasteiger charge is -2.31. The maximum atomic E-state index is 13.3. The first-order valence-electron chi connectivity index (χ1n) is 13.5. The summed E-state index contributed by atoms with van der Waals surface area (Å²) in [6.07, 6.45) is 1.31. The smallest absolute Gasteiger partial charge is 0.242 e. The van der Waals surface area contributed by atoms with E-state index < -0.39 is 0 Å². The van der Waals surface area contributed by atoms with E-state index in [9.17, 15) is 9.59 Å². The Morgan fingerprint density at radius 3 is 2.43 bits per heavy atom. The molecule has 9 heteroatoms.